The minimum Gasteiger partial charge on any atom is -0.462 e. The van der Waals surface area contributed by atoms with Gasteiger partial charge in [0.2, 0.25) is 0 Å². The molecule has 1 saturated heterocycles. The molecule has 0 aromatic rings. The van der Waals surface area contributed by atoms with Crippen LogP contribution in [0.5, 0.6) is 0 Å². The van der Waals surface area contributed by atoms with Crippen molar-refractivity contribution in [2.24, 2.45) is 29.6 Å². The largest absolute Gasteiger partial charge is 0.462 e. The fourth-order valence-corrected chi connectivity index (χ4v) is 5.09. The second kappa shape index (κ2) is 4.08. The van der Waals surface area contributed by atoms with Gasteiger partial charge < -0.3 is 9.47 Å². The van der Waals surface area contributed by atoms with Gasteiger partial charge in [0.25, 0.3) is 0 Å². The first-order chi connectivity index (χ1) is 9.13. The van der Waals surface area contributed by atoms with Crippen molar-refractivity contribution in [2.75, 3.05) is 6.61 Å². The number of carbonyl (C=O) groups is 1. The van der Waals surface area contributed by atoms with Gasteiger partial charge in [-0.3, -0.25) is 0 Å². The third-order valence-electron chi connectivity index (χ3n) is 5.96. The predicted molar refractivity (Wildman–Crippen MR) is 70.4 cm³/mol. The molecule has 1 aliphatic heterocycles. The smallest absolute Gasteiger partial charge is 0.333 e. The minimum absolute atomic E-state index is 0.228. The van der Waals surface area contributed by atoms with E-state index >= 15 is 0 Å². The first kappa shape index (κ1) is 12.0. The number of fused-ring (bicyclic) bond motifs is 6. The maximum Gasteiger partial charge on any atom is 0.333 e. The van der Waals surface area contributed by atoms with Crippen molar-refractivity contribution in [3.05, 3.63) is 12.2 Å². The Bertz CT molecular complexity index is 430. The molecule has 4 rings (SSSR count). The van der Waals surface area contributed by atoms with Gasteiger partial charge in [0, 0.05) is 5.57 Å². The van der Waals surface area contributed by atoms with E-state index in [1.807, 2.05) is 0 Å². The van der Waals surface area contributed by atoms with Crippen LogP contribution in [0.2, 0.25) is 0 Å². The zero-order chi connectivity index (χ0) is 13.1. The zero-order valence-corrected chi connectivity index (χ0v) is 11.5. The first-order valence-electron chi connectivity index (χ1n) is 7.61. The highest BCUT2D eigenvalue weighted by Crippen LogP contribution is 2.62. The van der Waals surface area contributed by atoms with Crippen molar-refractivity contribution >= 4 is 5.97 Å². The number of rotatable bonds is 3. The van der Waals surface area contributed by atoms with Crippen LogP contribution in [-0.4, -0.2) is 24.8 Å². The van der Waals surface area contributed by atoms with Crippen molar-refractivity contribution in [2.45, 2.75) is 44.8 Å². The van der Waals surface area contributed by atoms with Gasteiger partial charge in [0.15, 0.2) is 0 Å². The minimum atomic E-state index is -0.228. The van der Waals surface area contributed by atoms with Gasteiger partial charge in [-0.1, -0.05) is 6.58 Å². The van der Waals surface area contributed by atoms with E-state index in [0.717, 1.165) is 23.7 Å². The second-order valence-electron chi connectivity index (χ2n) is 7.05. The van der Waals surface area contributed by atoms with Crippen LogP contribution in [0, 0.1) is 29.6 Å². The Morgan fingerprint density at radius 1 is 1.16 bits per heavy atom. The molecule has 0 aromatic carbocycles. The summed E-state index contributed by atoms with van der Waals surface area (Å²) in [5, 5.41) is 0. The van der Waals surface area contributed by atoms with Crippen LogP contribution in [-0.2, 0) is 14.3 Å². The Hall–Kier alpha value is -0.830. The van der Waals surface area contributed by atoms with Gasteiger partial charge in [-0.25, -0.2) is 4.79 Å². The van der Waals surface area contributed by atoms with E-state index in [4.69, 9.17) is 9.47 Å². The molecule has 0 amide bonds. The Morgan fingerprint density at radius 3 is 2.63 bits per heavy atom. The van der Waals surface area contributed by atoms with E-state index in [1.54, 1.807) is 6.92 Å². The lowest BCUT2D eigenvalue weighted by Gasteiger charge is -2.37. The molecule has 3 aliphatic carbocycles. The number of ether oxygens (including phenoxy) is 2. The third kappa shape index (κ3) is 1.85. The standard InChI is InChI=1S/C16H22O3/c1-8(2)16(17)18-7-10-3-9-4-11(10)13-6-15-14(19-15)5-12(9)13/h9-15H,1,3-7H2,2H3. The van der Waals surface area contributed by atoms with Crippen LogP contribution in [0.15, 0.2) is 12.2 Å². The molecule has 0 spiro atoms. The molecule has 0 N–H and O–H groups in total. The monoisotopic (exact) mass is 262 g/mol. The molecule has 0 radical (unpaired) electrons. The van der Waals surface area contributed by atoms with Gasteiger partial charge >= 0.3 is 5.97 Å². The molecule has 3 nitrogen and oxygen atoms in total. The highest BCUT2D eigenvalue weighted by Gasteiger charge is 2.59. The lowest BCUT2D eigenvalue weighted by Crippen LogP contribution is -2.35. The van der Waals surface area contributed by atoms with Crippen LogP contribution in [0.25, 0.3) is 0 Å². The average Bonchev–Trinajstić information content (AvgIpc) is 2.91. The summed E-state index contributed by atoms with van der Waals surface area (Å²) in [5.74, 6) is 3.75. The molecule has 7 atom stereocenters. The molecule has 2 bridgehead atoms. The van der Waals surface area contributed by atoms with Gasteiger partial charge in [0.1, 0.15) is 0 Å². The van der Waals surface area contributed by atoms with Crippen molar-refractivity contribution in [3.63, 3.8) is 0 Å². The Kier molecular flexibility index (Phi) is 2.57. The summed E-state index contributed by atoms with van der Waals surface area (Å²) in [4.78, 5) is 11.5. The van der Waals surface area contributed by atoms with Crippen LogP contribution in [0.3, 0.4) is 0 Å². The topological polar surface area (TPSA) is 38.8 Å². The van der Waals surface area contributed by atoms with Gasteiger partial charge in [0.05, 0.1) is 18.8 Å². The summed E-state index contributed by atoms with van der Waals surface area (Å²) in [6.07, 6.45) is 6.35. The SMILES string of the molecule is C=C(C)C(=O)OCC1CC2CC1C1CC3OC3CC21. The zero-order valence-electron chi connectivity index (χ0n) is 11.5. The highest BCUT2D eigenvalue weighted by atomic mass is 16.6. The number of epoxide rings is 1. The van der Waals surface area contributed by atoms with E-state index in [1.165, 1.54) is 25.7 Å². The second-order valence-corrected chi connectivity index (χ2v) is 7.05. The van der Waals surface area contributed by atoms with Crippen molar-refractivity contribution in [1.82, 2.24) is 0 Å². The molecule has 4 aliphatic rings. The lowest BCUT2D eigenvalue weighted by molar-refractivity contribution is -0.141. The molecule has 7 unspecified atom stereocenters. The number of hydrogen-bond donors (Lipinski definition) is 0. The maximum absolute atomic E-state index is 11.5. The Morgan fingerprint density at radius 2 is 1.89 bits per heavy atom. The van der Waals surface area contributed by atoms with Crippen molar-refractivity contribution in [1.29, 1.82) is 0 Å². The summed E-state index contributed by atoms with van der Waals surface area (Å²) in [5.41, 5.74) is 0.507. The molecule has 4 fully saturated rings. The molecule has 3 saturated carbocycles. The van der Waals surface area contributed by atoms with Crippen LogP contribution in [0.1, 0.15) is 32.6 Å². The fourth-order valence-electron chi connectivity index (χ4n) is 5.09. The summed E-state index contributed by atoms with van der Waals surface area (Å²) in [6, 6.07) is 0. The number of hydrogen-bond acceptors (Lipinski definition) is 3. The van der Waals surface area contributed by atoms with E-state index in [9.17, 15) is 4.79 Å². The molecule has 104 valence electrons. The molecule has 1 heterocycles. The maximum atomic E-state index is 11.5. The number of carbonyl (C=O) groups excluding carboxylic acids is 1. The normalized spacial score (nSPS) is 49.4. The number of esters is 1. The van der Waals surface area contributed by atoms with Crippen LogP contribution < -0.4 is 0 Å². The molecular formula is C16H22O3. The average molecular weight is 262 g/mol. The molecule has 0 aromatic heterocycles. The van der Waals surface area contributed by atoms with Crippen LogP contribution in [0.4, 0.5) is 0 Å². The summed E-state index contributed by atoms with van der Waals surface area (Å²) in [6.45, 7) is 5.95. The van der Waals surface area contributed by atoms with E-state index < -0.39 is 0 Å². The van der Waals surface area contributed by atoms with Crippen molar-refractivity contribution < 1.29 is 14.3 Å². The Labute approximate surface area is 114 Å². The predicted octanol–water partition coefficient (Wildman–Crippen LogP) is 2.56. The third-order valence-corrected chi connectivity index (χ3v) is 5.96. The van der Waals surface area contributed by atoms with Gasteiger partial charge in [-0.05, 0) is 62.2 Å². The summed E-state index contributed by atoms with van der Waals surface area (Å²) >= 11 is 0. The van der Waals surface area contributed by atoms with Gasteiger partial charge in [-0.15, -0.1) is 0 Å². The highest BCUT2D eigenvalue weighted by molar-refractivity contribution is 5.86. The van der Waals surface area contributed by atoms with E-state index in [0.29, 0.717) is 30.3 Å². The first-order valence-corrected chi connectivity index (χ1v) is 7.61. The summed E-state index contributed by atoms with van der Waals surface area (Å²) in [7, 11) is 0. The van der Waals surface area contributed by atoms with Crippen LogP contribution >= 0.6 is 0 Å². The molecular weight excluding hydrogens is 240 g/mol. The lowest BCUT2D eigenvalue weighted by atomic mass is 9.68. The molecule has 19 heavy (non-hydrogen) atoms. The van der Waals surface area contributed by atoms with E-state index in [-0.39, 0.29) is 5.97 Å². The van der Waals surface area contributed by atoms with Crippen molar-refractivity contribution in [3.8, 4) is 0 Å². The Balaban J connectivity index is 1.39. The van der Waals surface area contributed by atoms with Gasteiger partial charge in [-0.2, -0.15) is 0 Å². The summed E-state index contributed by atoms with van der Waals surface area (Å²) < 4.78 is 11.1. The fraction of sp³-hybridized carbons (Fsp3) is 0.812. The van der Waals surface area contributed by atoms with E-state index in [2.05, 4.69) is 6.58 Å². The molecule has 3 heteroatoms. The quantitative estimate of drug-likeness (QED) is 0.446.